The zero-order valence-electron chi connectivity index (χ0n) is 13.0. The fraction of sp³-hybridized carbons (Fsp3) is 0.667. The maximum absolute atomic E-state index is 6.96. The van der Waals surface area contributed by atoms with Gasteiger partial charge in [-0.2, -0.15) is 0 Å². The summed E-state index contributed by atoms with van der Waals surface area (Å²) in [6.45, 7) is 2.49. The molecule has 2 nitrogen and oxygen atoms in total. The summed E-state index contributed by atoms with van der Waals surface area (Å²) in [5, 5.41) is 0. The standard InChI is InChI=1S/C18H24Br2N2/c1-17-6-10-2-11(7-17)9-18(22,8-10)15(17)4-12-3-13(19)5-14(20)16(12)21/h3,5,10-11,15H,2,4,6-9,21-22H2,1H3. The van der Waals surface area contributed by atoms with Crippen LogP contribution >= 0.6 is 31.9 Å². The minimum atomic E-state index is 0.0278. The van der Waals surface area contributed by atoms with E-state index in [9.17, 15) is 0 Å². The maximum Gasteiger partial charge on any atom is 0.0491 e. The average Bonchev–Trinajstić information content (AvgIpc) is 2.37. The molecular formula is C18H24Br2N2. The van der Waals surface area contributed by atoms with Crippen molar-refractivity contribution in [3.8, 4) is 0 Å². The van der Waals surface area contributed by atoms with E-state index in [4.69, 9.17) is 11.5 Å². The Morgan fingerprint density at radius 3 is 2.36 bits per heavy atom. The highest BCUT2D eigenvalue weighted by Gasteiger charge is 2.60. The fourth-order valence-corrected chi connectivity index (χ4v) is 7.56. The third kappa shape index (κ3) is 2.29. The van der Waals surface area contributed by atoms with Crippen molar-refractivity contribution in [3.05, 3.63) is 26.6 Å². The predicted molar refractivity (Wildman–Crippen MR) is 98.5 cm³/mol. The van der Waals surface area contributed by atoms with Crippen LogP contribution in [0.5, 0.6) is 0 Å². The molecule has 4 bridgehead atoms. The van der Waals surface area contributed by atoms with Crippen molar-refractivity contribution in [3.63, 3.8) is 0 Å². The van der Waals surface area contributed by atoms with Gasteiger partial charge >= 0.3 is 0 Å². The van der Waals surface area contributed by atoms with E-state index in [1.54, 1.807) is 0 Å². The molecule has 4 N–H and O–H groups in total. The van der Waals surface area contributed by atoms with Crippen LogP contribution in [0.1, 0.15) is 44.6 Å². The second kappa shape index (κ2) is 4.97. The number of hydrogen-bond acceptors (Lipinski definition) is 2. The van der Waals surface area contributed by atoms with Gasteiger partial charge in [0, 0.05) is 20.2 Å². The van der Waals surface area contributed by atoms with Gasteiger partial charge in [0.15, 0.2) is 0 Å². The van der Waals surface area contributed by atoms with Crippen LogP contribution in [0.15, 0.2) is 21.1 Å². The first-order valence-electron chi connectivity index (χ1n) is 8.31. The normalized spacial score (nSPS) is 42.8. The van der Waals surface area contributed by atoms with E-state index < -0.39 is 0 Å². The van der Waals surface area contributed by atoms with Gasteiger partial charge in [0.2, 0.25) is 0 Å². The molecule has 3 unspecified atom stereocenters. The van der Waals surface area contributed by atoms with E-state index in [1.807, 2.05) is 6.07 Å². The summed E-state index contributed by atoms with van der Waals surface area (Å²) in [5.41, 5.74) is 15.8. The monoisotopic (exact) mass is 426 g/mol. The van der Waals surface area contributed by atoms with Crippen LogP contribution in [0.3, 0.4) is 0 Å². The summed E-state index contributed by atoms with van der Waals surface area (Å²) < 4.78 is 2.07. The molecule has 0 heterocycles. The topological polar surface area (TPSA) is 52.0 Å². The van der Waals surface area contributed by atoms with Crippen molar-refractivity contribution < 1.29 is 0 Å². The van der Waals surface area contributed by atoms with Crippen LogP contribution in [0.2, 0.25) is 0 Å². The molecule has 1 aromatic carbocycles. The Hall–Kier alpha value is -0.0600. The van der Waals surface area contributed by atoms with Crippen molar-refractivity contribution in [2.24, 2.45) is 28.9 Å². The Balaban J connectivity index is 1.71. The van der Waals surface area contributed by atoms with Crippen LogP contribution in [-0.2, 0) is 6.42 Å². The first-order chi connectivity index (χ1) is 10.3. The molecule has 4 saturated carbocycles. The Kier molecular flexibility index (Phi) is 3.49. The molecule has 0 spiro atoms. The molecule has 4 heteroatoms. The lowest BCUT2D eigenvalue weighted by Gasteiger charge is -2.65. The maximum atomic E-state index is 6.96. The molecule has 0 aromatic heterocycles. The summed E-state index contributed by atoms with van der Waals surface area (Å²) in [6.07, 6.45) is 7.60. The van der Waals surface area contributed by atoms with Crippen LogP contribution in [0.25, 0.3) is 0 Å². The highest BCUT2D eigenvalue weighted by atomic mass is 79.9. The molecule has 1 aromatic rings. The van der Waals surface area contributed by atoms with Crippen molar-refractivity contribution in [2.45, 2.75) is 51.0 Å². The highest BCUT2D eigenvalue weighted by molar-refractivity contribution is 9.11. The lowest BCUT2D eigenvalue weighted by Crippen LogP contribution is -2.66. The molecule has 4 aliphatic rings. The van der Waals surface area contributed by atoms with Gasteiger partial charge < -0.3 is 11.5 Å². The minimum absolute atomic E-state index is 0.0278. The number of anilines is 1. The van der Waals surface area contributed by atoms with Gasteiger partial charge in [-0.1, -0.05) is 22.9 Å². The number of nitrogens with two attached hydrogens (primary N) is 2. The van der Waals surface area contributed by atoms with Gasteiger partial charge in [-0.05, 0) is 95.3 Å². The zero-order valence-corrected chi connectivity index (χ0v) is 16.2. The quantitative estimate of drug-likeness (QED) is 0.660. The Morgan fingerprint density at radius 2 is 1.77 bits per heavy atom. The molecule has 4 aliphatic carbocycles. The first-order valence-corrected chi connectivity index (χ1v) is 9.90. The SMILES string of the molecule is CC12CC3CC(C1)CC(N)(C3)C2Cc1cc(Br)cc(Br)c1N. The van der Waals surface area contributed by atoms with Gasteiger partial charge in [0.25, 0.3) is 0 Å². The lowest BCUT2D eigenvalue weighted by molar-refractivity contribution is -0.113. The van der Waals surface area contributed by atoms with Crippen molar-refractivity contribution >= 4 is 37.5 Å². The number of benzene rings is 1. The van der Waals surface area contributed by atoms with Gasteiger partial charge in [-0.25, -0.2) is 0 Å². The van der Waals surface area contributed by atoms with E-state index in [0.717, 1.165) is 32.9 Å². The van der Waals surface area contributed by atoms with Crippen LogP contribution in [-0.4, -0.2) is 5.54 Å². The van der Waals surface area contributed by atoms with Crippen molar-refractivity contribution in [1.82, 2.24) is 0 Å². The van der Waals surface area contributed by atoms with E-state index in [0.29, 0.717) is 11.3 Å². The van der Waals surface area contributed by atoms with Gasteiger partial charge in [-0.3, -0.25) is 0 Å². The summed E-state index contributed by atoms with van der Waals surface area (Å²) in [4.78, 5) is 0. The summed E-state index contributed by atoms with van der Waals surface area (Å²) >= 11 is 7.18. The summed E-state index contributed by atoms with van der Waals surface area (Å²) in [5.74, 6) is 2.28. The molecule has 5 rings (SSSR count). The van der Waals surface area contributed by atoms with Gasteiger partial charge in [0.1, 0.15) is 0 Å². The predicted octanol–water partition coefficient (Wildman–Crippen LogP) is 4.88. The zero-order chi connectivity index (χ0) is 15.7. The Morgan fingerprint density at radius 1 is 1.14 bits per heavy atom. The van der Waals surface area contributed by atoms with E-state index in [1.165, 1.54) is 37.7 Å². The number of rotatable bonds is 2. The third-order valence-electron chi connectivity index (χ3n) is 6.65. The van der Waals surface area contributed by atoms with Gasteiger partial charge in [0.05, 0.1) is 0 Å². The second-order valence-electron chi connectivity index (χ2n) is 8.39. The first kappa shape index (κ1) is 15.5. The molecular weight excluding hydrogens is 404 g/mol. The molecule has 22 heavy (non-hydrogen) atoms. The van der Waals surface area contributed by atoms with E-state index >= 15 is 0 Å². The minimum Gasteiger partial charge on any atom is -0.398 e. The average molecular weight is 428 g/mol. The molecule has 4 fully saturated rings. The number of halogens is 2. The molecule has 3 atom stereocenters. The van der Waals surface area contributed by atoms with Crippen molar-refractivity contribution in [1.29, 1.82) is 0 Å². The summed E-state index contributed by atoms with van der Waals surface area (Å²) in [6, 6.07) is 4.20. The van der Waals surface area contributed by atoms with E-state index in [-0.39, 0.29) is 5.54 Å². The van der Waals surface area contributed by atoms with Gasteiger partial charge in [-0.15, -0.1) is 0 Å². The smallest absolute Gasteiger partial charge is 0.0491 e. The van der Waals surface area contributed by atoms with Crippen LogP contribution in [0.4, 0.5) is 5.69 Å². The Bertz CT molecular complexity index is 592. The molecule has 0 aliphatic heterocycles. The summed E-state index contributed by atoms with van der Waals surface area (Å²) in [7, 11) is 0. The van der Waals surface area contributed by atoms with E-state index in [2.05, 4.69) is 44.8 Å². The largest absolute Gasteiger partial charge is 0.398 e. The Labute approximate surface area is 149 Å². The molecule has 0 saturated heterocycles. The second-order valence-corrected chi connectivity index (χ2v) is 10.2. The van der Waals surface area contributed by atoms with Crippen LogP contribution in [0, 0.1) is 23.2 Å². The molecule has 0 amide bonds. The molecule has 0 radical (unpaired) electrons. The lowest BCUT2D eigenvalue weighted by atomic mass is 9.42. The van der Waals surface area contributed by atoms with Crippen LogP contribution < -0.4 is 11.5 Å². The highest BCUT2D eigenvalue weighted by Crippen LogP contribution is 2.64. The number of hydrogen-bond donors (Lipinski definition) is 2. The fourth-order valence-electron chi connectivity index (χ4n) is 6.25. The van der Waals surface area contributed by atoms with Crippen molar-refractivity contribution in [2.75, 3.05) is 5.73 Å². The third-order valence-corrected chi connectivity index (χ3v) is 7.77. The number of nitrogen functional groups attached to an aromatic ring is 1. The molecule has 120 valence electrons.